The van der Waals surface area contributed by atoms with E-state index in [1.165, 1.54) is 0 Å². The molecule has 0 aromatic carbocycles. The van der Waals surface area contributed by atoms with Gasteiger partial charge in [-0.15, -0.1) is 0 Å². The number of rotatable bonds is 0. The van der Waals surface area contributed by atoms with Crippen molar-refractivity contribution in [1.82, 2.24) is 0 Å². The van der Waals surface area contributed by atoms with Crippen LogP contribution >= 0.6 is 0 Å². The second-order valence-electron chi connectivity index (χ2n) is 7.25. The Bertz CT molecular complexity index is 398. The monoisotopic (exact) mass is 250 g/mol. The van der Waals surface area contributed by atoms with E-state index in [1.54, 1.807) is 0 Å². The molecule has 0 spiro atoms. The minimum atomic E-state index is -0.324. The average Bonchev–Trinajstić information content (AvgIpc) is 2.14. The first-order chi connectivity index (χ1) is 8.00. The second kappa shape index (κ2) is 4.43. The highest BCUT2D eigenvalue weighted by Gasteiger charge is 2.52. The first kappa shape index (κ1) is 14.8. The van der Waals surface area contributed by atoms with Crippen LogP contribution in [0.2, 0.25) is 0 Å². The van der Waals surface area contributed by atoms with Crippen molar-refractivity contribution in [1.29, 1.82) is 0 Å². The predicted octanol–water partition coefficient (Wildman–Crippen LogP) is 2.52. The van der Waals surface area contributed by atoms with Crippen molar-refractivity contribution in [2.45, 2.75) is 48.0 Å². The first-order valence-corrected chi connectivity index (χ1v) is 6.30. The summed E-state index contributed by atoms with van der Waals surface area (Å²) < 4.78 is 0. The molecular weight excluding hydrogens is 228 g/mol. The Morgan fingerprint density at radius 3 is 1.50 bits per heavy atom. The van der Waals surface area contributed by atoms with Gasteiger partial charge in [-0.05, 0) is 17.3 Å². The molecule has 0 aromatic rings. The molecule has 18 heavy (non-hydrogen) atoms. The standard InChI is InChI=1S/C14H22N2O2/c1-13(2,3)8-7-9(14(4,5)6)12(18)10(16-15)11(8)17/h8-9H,7H2,1-6H3/t8-,9+. The van der Waals surface area contributed by atoms with Gasteiger partial charge < -0.3 is 5.53 Å². The lowest BCUT2D eigenvalue weighted by molar-refractivity contribution is -0.137. The Morgan fingerprint density at radius 2 is 1.28 bits per heavy atom. The van der Waals surface area contributed by atoms with Crippen LogP contribution in [0, 0.1) is 22.7 Å². The molecule has 4 heteroatoms. The number of hydrogen-bond acceptors (Lipinski definition) is 2. The molecule has 0 radical (unpaired) electrons. The zero-order valence-electron chi connectivity index (χ0n) is 12.1. The lowest BCUT2D eigenvalue weighted by Gasteiger charge is -2.38. The summed E-state index contributed by atoms with van der Waals surface area (Å²) in [4.78, 5) is 27.3. The molecule has 1 aliphatic rings. The molecule has 1 fully saturated rings. The number of Topliss-reactive ketones (excluding diaryl/α,β-unsaturated/α-hetero) is 2. The van der Waals surface area contributed by atoms with Crippen LogP contribution in [0.15, 0.2) is 0 Å². The predicted molar refractivity (Wildman–Crippen MR) is 69.1 cm³/mol. The van der Waals surface area contributed by atoms with Crippen LogP contribution in [-0.2, 0) is 9.59 Å². The van der Waals surface area contributed by atoms with E-state index >= 15 is 0 Å². The van der Waals surface area contributed by atoms with Crippen LogP contribution in [0.25, 0.3) is 5.53 Å². The van der Waals surface area contributed by atoms with Crippen molar-refractivity contribution >= 4 is 17.3 Å². The Morgan fingerprint density at radius 1 is 0.944 bits per heavy atom. The number of carbonyl (C=O) groups is 2. The highest BCUT2D eigenvalue weighted by molar-refractivity contribution is 6.65. The Hall–Kier alpha value is -1.28. The number of nitrogens with zero attached hydrogens (tertiary/aromatic N) is 2. The zero-order chi connectivity index (χ0) is 14.3. The maximum Gasteiger partial charge on any atom is 0.400 e. The summed E-state index contributed by atoms with van der Waals surface area (Å²) in [6, 6.07) is 0. The van der Waals surface area contributed by atoms with Crippen LogP contribution in [0.3, 0.4) is 0 Å². The van der Waals surface area contributed by atoms with E-state index in [2.05, 4.69) is 4.79 Å². The van der Waals surface area contributed by atoms with Gasteiger partial charge in [0.25, 0.3) is 11.6 Å². The van der Waals surface area contributed by atoms with E-state index < -0.39 is 0 Å². The Kier molecular flexibility index (Phi) is 3.64. The van der Waals surface area contributed by atoms with Crippen molar-refractivity contribution in [2.24, 2.45) is 22.7 Å². The molecule has 2 atom stereocenters. The van der Waals surface area contributed by atoms with E-state index in [1.807, 2.05) is 41.5 Å². The number of carbonyl (C=O) groups excluding carboxylic acids is 2. The van der Waals surface area contributed by atoms with Crippen molar-refractivity contribution in [3.63, 3.8) is 0 Å². The molecular formula is C14H22N2O2. The fourth-order valence-corrected chi connectivity index (χ4v) is 2.49. The van der Waals surface area contributed by atoms with Crippen molar-refractivity contribution in [3.05, 3.63) is 5.53 Å². The SMILES string of the molecule is CC(C)(C)[C@@H]1C[C@H](C(C)(C)C)C(=O)C(=[N+]=[N-])C1=O. The summed E-state index contributed by atoms with van der Waals surface area (Å²) >= 11 is 0. The largest absolute Gasteiger partial charge is 0.400 e. The van der Waals surface area contributed by atoms with E-state index in [0.717, 1.165) is 0 Å². The van der Waals surface area contributed by atoms with Gasteiger partial charge in [0.05, 0.1) is 0 Å². The fourth-order valence-electron chi connectivity index (χ4n) is 2.49. The van der Waals surface area contributed by atoms with Gasteiger partial charge in [-0.1, -0.05) is 41.5 Å². The molecule has 1 aliphatic carbocycles. The van der Waals surface area contributed by atoms with Gasteiger partial charge in [0.2, 0.25) is 0 Å². The second-order valence-corrected chi connectivity index (χ2v) is 7.25. The van der Waals surface area contributed by atoms with Gasteiger partial charge in [0.15, 0.2) is 0 Å². The molecule has 1 rings (SSSR count). The topological polar surface area (TPSA) is 70.5 Å². The van der Waals surface area contributed by atoms with Crippen LogP contribution < -0.4 is 0 Å². The quantitative estimate of drug-likeness (QED) is 0.489. The summed E-state index contributed by atoms with van der Waals surface area (Å²) in [6.07, 6.45) is 0.531. The van der Waals surface area contributed by atoms with Gasteiger partial charge in [-0.2, -0.15) is 4.79 Å². The maximum atomic E-state index is 12.2. The summed E-state index contributed by atoms with van der Waals surface area (Å²) in [5, 5.41) is 0. The van der Waals surface area contributed by atoms with Crippen LogP contribution in [-0.4, -0.2) is 22.1 Å². The van der Waals surface area contributed by atoms with Gasteiger partial charge in [0, 0.05) is 11.8 Å². The van der Waals surface area contributed by atoms with Crippen molar-refractivity contribution in [3.8, 4) is 0 Å². The van der Waals surface area contributed by atoms with Crippen LogP contribution in [0.5, 0.6) is 0 Å². The Balaban J connectivity index is 3.27. The molecule has 0 bridgehead atoms. The Labute approximate surface area is 108 Å². The summed E-state index contributed by atoms with van der Waals surface area (Å²) in [5.74, 6) is -1.19. The number of ketones is 2. The number of hydrogen-bond donors (Lipinski definition) is 0. The molecule has 1 saturated carbocycles. The molecule has 100 valence electrons. The minimum absolute atomic E-state index is 0.239. The van der Waals surface area contributed by atoms with Gasteiger partial charge in [0.1, 0.15) is 0 Å². The first-order valence-electron chi connectivity index (χ1n) is 6.30. The summed E-state index contributed by atoms with van der Waals surface area (Å²) in [6.45, 7) is 11.8. The third-order valence-electron chi connectivity index (χ3n) is 3.76. The minimum Gasteiger partial charge on any atom is -0.360 e. The van der Waals surface area contributed by atoms with Gasteiger partial charge >= 0.3 is 5.71 Å². The summed E-state index contributed by atoms with van der Waals surface area (Å²) in [7, 11) is 0. The maximum absolute atomic E-state index is 12.2. The van der Waals surface area contributed by atoms with Crippen LogP contribution in [0.1, 0.15) is 48.0 Å². The molecule has 0 unspecified atom stereocenters. The van der Waals surface area contributed by atoms with E-state index in [0.29, 0.717) is 6.42 Å². The van der Waals surface area contributed by atoms with Gasteiger partial charge in [-0.25, -0.2) is 0 Å². The van der Waals surface area contributed by atoms with E-state index in [4.69, 9.17) is 5.53 Å². The van der Waals surface area contributed by atoms with Crippen LogP contribution in [0.4, 0.5) is 0 Å². The summed E-state index contributed by atoms with van der Waals surface area (Å²) in [5.41, 5.74) is 8.19. The highest BCUT2D eigenvalue weighted by Crippen LogP contribution is 2.42. The lowest BCUT2D eigenvalue weighted by atomic mass is 9.61. The third-order valence-corrected chi connectivity index (χ3v) is 3.76. The zero-order valence-corrected chi connectivity index (χ0v) is 12.1. The van der Waals surface area contributed by atoms with Crippen molar-refractivity contribution < 1.29 is 14.4 Å². The normalized spacial score (nSPS) is 26.2. The van der Waals surface area contributed by atoms with Gasteiger partial charge in [-0.3, -0.25) is 9.59 Å². The molecule has 0 aliphatic heterocycles. The molecule has 0 amide bonds. The highest BCUT2D eigenvalue weighted by atomic mass is 16.2. The smallest absolute Gasteiger partial charge is 0.360 e. The third kappa shape index (κ3) is 2.59. The molecule has 0 saturated heterocycles. The average molecular weight is 250 g/mol. The molecule has 0 aromatic heterocycles. The fraction of sp³-hybridized carbons (Fsp3) is 0.786. The van der Waals surface area contributed by atoms with E-state index in [-0.39, 0.29) is 39.9 Å². The lowest BCUT2D eigenvalue weighted by Crippen LogP contribution is -2.50. The molecule has 0 N–H and O–H groups in total. The van der Waals surface area contributed by atoms with E-state index in [9.17, 15) is 9.59 Å². The molecule has 0 heterocycles. The van der Waals surface area contributed by atoms with Crippen molar-refractivity contribution in [2.75, 3.05) is 0 Å². The molecule has 4 nitrogen and oxygen atoms in total.